The fourth-order valence-electron chi connectivity index (χ4n) is 2.98. The molecule has 0 unspecified atom stereocenters. The van der Waals surface area contributed by atoms with Gasteiger partial charge in [0, 0.05) is 0 Å². The van der Waals surface area contributed by atoms with E-state index in [0.717, 1.165) is 10.5 Å². The normalized spacial score (nSPS) is 13.7. The van der Waals surface area contributed by atoms with Crippen LogP contribution in [-0.4, -0.2) is 43.3 Å². The Morgan fingerprint density at radius 3 is 2.59 bits per heavy atom. The lowest BCUT2D eigenvalue weighted by molar-refractivity contribution is -0.152. The van der Waals surface area contributed by atoms with Crippen LogP contribution in [0.2, 0.25) is 0 Å². The maximum atomic E-state index is 12.4. The molecule has 3 rings (SSSR count). The molecule has 1 aliphatic heterocycles. The van der Waals surface area contributed by atoms with Crippen molar-refractivity contribution in [2.75, 3.05) is 23.9 Å². The first kappa shape index (κ1) is 20.1. The van der Waals surface area contributed by atoms with Crippen LogP contribution in [0.5, 0.6) is 5.75 Å². The molecule has 0 saturated carbocycles. The minimum absolute atomic E-state index is 0.239. The minimum atomic E-state index is -1.11. The van der Waals surface area contributed by atoms with E-state index in [0.29, 0.717) is 17.1 Å². The molecule has 0 aromatic heterocycles. The van der Waals surface area contributed by atoms with Crippen LogP contribution in [0.4, 0.5) is 11.4 Å². The van der Waals surface area contributed by atoms with Crippen molar-refractivity contribution in [1.29, 1.82) is 0 Å². The Balaban J connectivity index is 1.64. The van der Waals surface area contributed by atoms with Crippen LogP contribution < -0.4 is 15.0 Å². The fraction of sp³-hybridized carbons (Fsp3) is 0.238. The zero-order chi connectivity index (χ0) is 21.1. The third kappa shape index (κ3) is 4.11. The number of amides is 2. The first-order valence-electron chi connectivity index (χ1n) is 8.92. The average Bonchev–Trinajstić information content (AvgIpc) is 2.93. The molecule has 150 valence electrons. The number of methoxy groups -OCH3 is 1. The maximum Gasteiger partial charge on any atom is 0.326 e. The van der Waals surface area contributed by atoms with Gasteiger partial charge in [0.1, 0.15) is 12.3 Å². The Hall–Kier alpha value is -3.68. The van der Waals surface area contributed by atoms with Gasteiger partial charge in [-0.3, -0.25) is 24.1 Å². The molecule has 2 amide bonds. The maximum absolute atomic E-state index is 12.4. The molecule has 29 heavy (non-hydrogen) atoms. The van der Waals surface area contributed by atoms with Gasteiger partial charge < -0.3 is 14.8 Å². The van der Waals surface area contributed by atoms with Crippen molar-refractivity contribution in [3.05, 3.63) is 53.6 Å². The van der Waals surface area contributed by atoms with E-state index in [9.17, 15) is 19.2 Å². The van der Waals surface area contributed by atoms with Gasteiger partial charge in [0.05, 0.1) is 24.0 Å². The van der Waals surface area contributed by atoms with Gasteiger partial charge in [-0.1, -0.05) is 18.2 Å². The zero-order valence-electron chi connectivity index (χ0n) is 16.2. The van der Waals surface area contributed by atoms with Crippen molar-refractivity contribution >= 4 is 34.9 Å². The average molecular weight is 396 g/mol. The van der Waals surface area contributed by atoms with Crippen LogP contribution in [0.25, 0.3) is 0 Å². The third-order valence-corrected chi connectivity index (χ3v) is 4.46. The summed E-state index contributed by atoms with van der Waals surface area (Å²) in [7, 11) is 1.48. The number of aryl methyl sites for hydroxylation is 1. The molecule has 1 N–H and O–H groups in total. The fourth-order valence-corrected chi connectivity index (χ4v) is 2.98. The monoisotopic (exact) mass is 396 g/mol. The number of carbonyl (C=O) groups excluding carboxylic acids is 4. The van der Waals surface area contributed by atoms with E-state index in [1.807, 2.05) is 13.0 Å². The van der Waals surface area contributed by atoms with E-state index >= 15 is 0 Å². The van der Waals surface area contributed by atoms with Gasteiger partial charge >= 0.3 is 5.97 Å². The Kier molecular flexibility index (Phi) is 5.63. The first-order valence-corrected chi connectivity index (χ1v) is 8.92. The molecule has 2 aromatic carbocycles. The molecule has 0 radical (unpaired) electrons. The van der Waals surface area contributed by atoms with E-state index in [1.54, 1.807) is 30.3 Å². The Morgan fingerprint density at radius 2 is 1.86 bits per heavy atom. The van der Waals surface area contributed by atoms with Crippen molar-refractivity contribution in [2.45, 2.75) is 20.0 Å². The summed E-state index contributed by atoms with van der Waals surface area (Å²) < 4.78 is 10.4. The largest absolute Gasteiger partial charge is 0.495 e. The Labute approximate surface area is 167 Å². The predicted octanol–water partition coefficient (Wildman–Crippen LogP) is 2.10. The summed E-state index contributed by atoms with van der Waals surface area (Å²) in [6, 6.07) is 11.7. The van der Waals surface area contributed by atoms with E-state index < -0.39 is 36.2 Å². The number of fused-ring (bicyclic) bond motifs is 1. The number of ketones is 1. The summed E-state index contributed by atoms with van der Waals surface area (Å²) in [5.74, 6) is -2.36. The smallest absolute Gasteiger partial charge is 0.326 e. The van der Waals surface area contributed by atoms with E-state index in [2.05, 4.69) is 5.32 Å². The second kappa shape index (κ2) is 8.14. The molecule has 0 bridgehead atoms. The number of ether oxygens (including phenoxy) is 2. The molecule has 1 atom stereocenters. The summed E-state index contributed by atoms with van der Waals surface area (Å²) in [5, 5.41) is 2.66. The molecule has 8 heteroatoms. The van der Waals surface area contributed by atoms with Crippen molar-refractivity contribution in [3.63, 3.8) is 0 Å². The van der Waals surface area contributed by atoms with Gasteiger partial charge in [0.25, 0.3) is 17.6 Å². The highest BCUT2D eigenvalue weighted by Gasteiger charge is 2.37. The van der Waals surface area contributed by atoms with E-state index in [-0.39, 0.29) is 5.56 Å². The second-order valence-corrected chi connectivity index (χ2v) is 6.56. The topological polar surface area (TPSA) is 102 Å². The number of anilines is 2. The predicted molar refractivity (Wildman–Crippen MR) is 105 cm³/mol. The number of nitrogens with zero attached hydrogens (tertiary/aromatic N) is 1. The molecule has 0 fully saturated rings. The molecular formula is C21H20N2O6. The number of hydrogen-bond donors (Lipinski definition) is 1. The van der Waals surface area contributed by atoms with Crippen molar-refractivity contribution in [1.82, 2.24) is 0 Å². The molecule has 8 nitrogen and oxygen atoms in total. The highest BCUT2D eigenvalue weighted by molar-refractivity contribution is 6.52. The summed E-state index contributed by atoms with van der Waals surface area (Å²) in [6.45, 7) is 2.82. The number of nitrogens with one attached hydrogen (secondary N) is 1. The van der Waals surface area contributed by atoms with Crippen molar-refractivity contribution in [2.24, 2.45) is 0 Å². The number of benzene rings is 2. The SMILES string of the molecule is COc1ccc(C)cc1NC(=O)[C@H](C)OC(=O)CN1C(=O)C(=O)c2ccccc21. The summed E-state index contributed by atoms with van der Waals surface area (Å²) in [4.78, 5) is 49.9. The standard InChI is InChI=1S/C21H20N2O6/c1-12-8-9-17(28-3)15(10-12)22-20(26)13(2)29-18(24)11-23-16-7-5-4-6-14(16)19(25)21(23)27/h4-10,13H,11H2,1-3H3,(H,22,26)/t13-/m0/s1. The van der Waals surface area contributed by atoms with Gasteiger partial charge in [-0.05, 0) is 43.7 Å². The quantitative estimate of drug-likeness (QED) is 0.593. The summed E-state index contributed by atoms with van der Waals surface area (Å²) >= 11 is 0. The van der Waals surface area contributed by atoms with Crippen LogP contribution in [0.1, 0.15) is 22.8 Å². The zero-order valence-corrected chi connectivity index (χ0v) is 16.2. The highest BCUT2D eigenvalue weighted by Crippen LogP contribution is 2.28. The number of Topliss-reactive ketones (excluding diaryl/α,β-unsaturated/α-hetero) is 1. The van der Waals surface area contributed by atoms with Crippen LogP contribution >= 0.6 is 0 Å². The summed E-state index contributed by atoms with van der Waals surface area (Å²) in [5.41, 5.74) is 1.96. The van der Waals surface area contributed by atoms with Gasteiger partial charge in [0.15, 0.2) is 6.10 Å². The molecule has 0 spiro atoms. The lowest BCUT2D eigenvalue weighted by atomic mass is 10.1. The van der Waals surface area contributed by atoms with Crippen LogP contribution in [0, 0.1) is 6.92 Å². The van der Waals surface area contributed by atoms with Crippen LogP contribution in [0.3, 0.4) is 0 Å². The molecule has 1 aliphatic rings. The Bertz CT molecular complexity index is 1000. The van der Waals surface area contributed by atoms with Crippen LogP contribution in [0.15, 0.2) is 42.5 Å². The van der Waals surface area contributed by atoms with Gasteiger partial charge in [-0.15, -0.1) is 0 Å². The number of hydrogen-bond acceptors (Lipinski definition) is 6. The molecule has 0 aliphatic carbocycles. The van der Waals surface area contributed by atoms with Crippen molar-refractivity contribution in [3.8, 4) is 5.75 Å². The lowest BCUT2D eigenvalue weighted by Gasteiger charge is -2.18. The van der Waals surface area contributed by atoms with E-state index in [1.165, 1.54) is 20.1 Å². The minimum Gasteiger partial charge on any atom is -0.495 e. The second-order valence-electron chi connectivity index (χ2n) is 6.56. The molecule has 1 heterocycles. The third-order valence-electron chi connectivity index (χ3n) is 4.46. The summed E-state index contributed by atoms with van der Waals surface area (Å²) in [6.07, 6.45) is -1.11. The number of carbonyl (C=O) groups is 4. The lowest BCUT2D eigenvalue weighted by Crippen LogP contribution is -2.38. The molecular weight excluding hydrogens is 376 g/mol. The Morgan fingerprint density at radius 1 is 1.14 bits per heavy atom. The van der Waals surface area contributed by atoms with Gasteiger partial charge in [0.2, 0.25) is 0 Å². The van der Waals surface area contributed by atoms with E-state index in [4.69, 9.17) is 9.47 Å². The van der Waals surface area contributed by atoms with Crippen molar-refractivity contribution < 1.29 is 28.7 Å². The molecule has 2 aromatic rings. The van der Waals surface area contributed by atoms with Gasteiger partial charge in [-0.2, -0.15) is 0 Å². The molecule has 0 saturated heterocycles. The van der Waals surface area contributed by atoms with Crippen LogP contribution in [-0.2, 0) is 19.1 Å². The first-order chi connectivity index (χ1) is 13.8. The number of esters is 1. The van der Waals surface area contributed by atoms with Gasteiger partial charge in [-0.25, -0.2) is 0 Å². The number of para-hydroxylation sites is 1. The number of rotatable bonds is 6. The highest BCUT2D eigenvalue weighted by atomic mass is 16.5.